The Kier molecular flexibility index (Phi) is 4.46. The molecule has 2 heterocycles. The second-order valence-electron chi connectivity index (χ2n) is 4.84. The zero-order valence-corrected chi connectivity index (χ0v) is 12.8. The van der Waals surface area contributed by atoms with E-state index < -0.39 is 0 Å². The number of hydrogen-bond acceptors (Lipinski definition) is 5. The molecule has 0 radical (unpaired) electrons. The van der Waals surface area contributed by atoms with Gasteiger partial charge in [-0.1, -0.05) is 29.8 Å². The molecule has 0 saturated carbocycles. The van der Waals surface area contributed by atoms with Crippen LogP contribution in [-0.4, -0.2) is 15.2 Å². The summed E-state index contributed by atoms with van der Waals surface area (Å²) in [6, 6.07) is 13.4. The molecule has 5 nitrogen and oxygen atoms in total. The van der Waals surface area contributed by atoms with Crippen LogP contribution in [0.15, 0.2) is 53.1 Å². The van der Waals surface area contributed by atoms with Crippen LogP contribution in [-0.2, 0) is 6.54 Å². The van der Waals surface area contributed by atoms with E-state index in [4.69, 9.17) is 16.0 Å². The smallest absolute Gasteiger partial charge is 0.230 e. The van der Waals surface area contributed by atoms with Gasteiger partial charge in [-0.05, 0) is 29.8 Å². The molecule has 0 aliphatic carbocycles. The molecule has 0 aliphatic heterocycles. The monoisotopic (exact) mass is 314 g/mol. The van der Waals surface area contributed by atoms with Gasteiger partial charge in [-0.3, -0.25) is 10.3 Å². The summed E-state index contributed by atoms with van der Waals surface area (Å²) in [4.78, 5) is 4.43. The van der Waals surface area contributed by atoms with Crippen molar-refractivity contribution in [1.29, 1.82) is 0 Å². The number of pyridine rings is 1. The van der Waals surface area contributed by atoms with Crippen molar-refractivity contribution in [1.82, 2.24) is 20.5 Å². The van der Waals surface area contributed by atoms with Crippen molar-refractivity contribution < 1.29 is 4.42 Å². The Morgan fingerprint density at radius 2 is 2.09 bits per heavy atom. The number of benzene rings is 1. The minimum absolute atomic E-state index is 0.105. The van der Waals surface area contributed by atoms with Crippen molar-refractivity contribution >= 4 is 11.6 Å². The molecular weight excluding hydrogens is 300 g/mol. The second-order valence-corrected chi connectivity index (χ2v) is 5.27. The van der Waals surface area contributed by atoms with Gasteiger partial charge in [0.2, 0.25) is 11.8 Å². The number of hydrogen-bond donors (Lipinski definition) is 1. The van der Waals surface area contributed by atoms with E-state index in [0.717, 1.165) is 11.3 Å². The molecule has 2 aromatic heterocycles. The van der Waals surface area contributed by atoms with Gasteiger partial charge in [-0.2, -0.15) is 0 Å². The Labute approximate surface area is 133 Å². The van der Waals surface area contributed by atoms with E-state index in [-0.39, 0.29) is 6.04 Å². The first-order valence-electron chi connectivity index (χ1n) is 6.91. The third kappa shape index (κ3) is 3.50. The van der Waals surface area contributed by atoms with Crippen LogP contribution < -0.4 is 5.32 Å². The molecule has 1 N–H and O–H groups in total. The van der Waals surface area contributed by atoms with E-state index in [0.29, 0.717) is 23.3 Å². The topological polar surface area (TPSA) is 63.8 Å². The quantitative estimate of drug-likeness (QED) is 0.782. The lowest BCUT2D eigenvalue weighted by Crippen LogP contribution is -2.23. The molecule has 1 atom stereocenters. The summed E-state index contributed by atoms with van der Waals surface area (Å²) in [6.45, 7) is 2.22. The average molecular weight is 315 g/mol. The molecule has 112 valence electrons. The SMILES string of the molecule is Cc1nnc(CN[C@@H](c2cccc(Cl)c2)c2ccccn2)o1. The normalized spacial score (nSPS) is 12.3. The minimum Gasteiger partial charge on any atom is -0.424 e. The number of nitrogens with zero attached hydrogens (tertiary/aromatic N) is 3. The largest absolute Gasteiger partial charge is 0.424 e. The Morgan fingerprint density at radius 1 is 1.18 bits per heavy atom. The molecule has 0 saturated heterocycles. The summed E-state index contributed by atoms with van der Waals surface area (Å²) in [5.74, 6) is 1.09. The van der Waals surface area contributed by atoms with E-state index in [2.05, 4.69) is 20.5 Å². The Balaban J connectivity index is 1.86. The van der Waals surface area contributed by atoms with Gasteiger partial charge in [0.05, 0.1) is 18.3 Å². The zero-order valence-electron chi connectivity index (χ0n) is 12.0. The van der Waals surface area contributed by atoms with E-state index in [1.54, 1.807) is 13.1 Å². The minimum atomic E-state index is -0.105. The first kappa shape index (κ1) is 14.7. The maximum atomic E-state index is 6.11. The number of aryl methyl sites for hydroxylation is 1. The summed E-state index contributed by atoms with van der Waals surface area (Å²) in [5.41, 5.74) is 1.93. The molecule has 6 heteroatoms. The first-order chi connectivity index (χ1) is 10.7. The van der Waals surface area contributed by atoms with Gasteiger partial charge in [-0.15, -0.1) is 10.2 Å². The lowest BCUT2D eigenvalue weighted by Gasteiger charge is -2.18. The Hall–Kier alpha value is -2.24. The third-order valence-electron chi connectivity index (χ3n) is 3.19. The van der Waals surface area contributed by atoms with Crippen LogP contribution in [0, 0.1) is 6.92 Å². The maximum Gasteiger partial charge on any atom is 0.230 e. The summed E-state index contributed by atoms with van der Waals surface area (Å²) >= 11 is 6.11. The molecule has 0 bridgehead atoms. The van der Waals surface area contributed by atoms with E-state index >= 15 is 0 Å². The highest BCUT2D eigenvalue weighted by molar-refractivity contribution is 6.30. The van der Waals surface area contributed by atoms with Gasteiger partial charge in [-0.25, -0.2) is 0 Å². The second kappa shape index (κ2) is 6.68. The predicted octanol–water partition coefficient (Wildman–Crippen LogP) is 3.31. The highest BCUT2D eigenvalue weighted by Gasteiger charge is 2.16. The number of nitrogens with one attached hydrogen (secondary N) is 1. The molecule has 0 fully saturated rings. The predicted molar refractivity (Wildman–Crippen MR) is 83.4 cm³/mol. The lowest BCUT2D eigenvalue weighted by atomic mass is 10.0. The molecule has 0 amide bonds. The van der Waals surface area contributed by atoms with Crippen molar-refractivity contribution in [3.8, 4) is 0 Å². The first-order valence-corrected chi connectivity index (χ1v) is 7.29. The fourth-order valence-corrected chi connectivity index (χ4v) is 2.42. The van der Waals surface area contributed by atoms with Crippen molar-refractivity contribution in [2.24, 2.45) is 0 Å². The average Bonchev–Trinajstić information content (AvgIpc) is 2.94. The van der Waals surface area contributed by atoms with E-state index in [1.165, 1.54) is 0 Å². The molecule has 1 aromatic carbocycles. The zero-order chi connectivity index (χ0) is 15.4. The van der Waals surface area contributed by atoms with Gasteiger partial charge in [0, 0.05) is 18.1 Å². The molecular formula is C16H15ClN4O. The van der Waals surface area contributed by atoms with Crippen LogP contribution >= 0.6 is 11.6 Å². The Bertz CT molecular complexity index is 745. The highest BCUT2D eigenvalue weighted by atomic mass is 35.5. The van der Waals surface area contributed by atoms with Gasteiger partial charge in [0.1, 0.15) is 0 Å². The molecule has 0 aliphatic rings. The fraction of sp³-hybridized carbons (Fsp3) is 0.188. The van der Waals surface area contributed by atoms with E-state index in [1.807, 2.05) is 42.5 Å². The Morgan fingerprint density at radius 3 is 2.77 bits per heavy atom. The van der Waals surface area contributed by atoms with Gasteiger partial charge >= 0.3 is 0 Å². The number of aromatic nitrogens is 3. The van der Waals surface area contributed by atoms with Gasteiger partial charge in [0.15, 0.2) is 0 Å². The fourth-order valence-electron chi connectivity index (χ4n) is 2.22. The van der Waals surface area contributed by atoms with Gasteiger partial charge in [0.25, 0.3) is 0 Å². The van der Waals surface area contributed by atoms with Crippen LogP contribution in [0.25, 0.3) is 0 Å². The van der Waals surface area contributed by atoms with Crippen molar-refractivity contribution in [3.05, 3.63) is 76.7 Å². The lowest BCUT2D eigenvalue weighted by molar-refractivity contribution is 0.434. The summed E-state index contributed by atoms with van der Waals surface area (Å²) < 4.78 is 5.40. The van der Waals surface area contributed by atoms with Crippen LogP contribution in [0.3, 0.4) is 0 Å². The molecule has 22 heavy (non-hydrogen) atoms. The maximum absolute atomic E-state index is 6.11. The summed E-state index contributed by atoms with van der Waals surface area (Å²) in [5, 5.41) is 11.9. The molecule has 3 rings (SSSR count). The van der Waals surface area contributed by atoms with Crippen LogP contribution in [0.2, 0.25) is 5.02 Å². The third-order valence-corrected chi connectivity index (χ3v) is 3.43. The van der Waals surface area contributed by atoms with Gasteiger partial charge < -0.3 is 4.42 Å². The summed E-state index contributed by atoms with van der Waals surface area (Å²) in [7, 11) is 0. The molecule has 0 unspecified atom stereocenters. The van der Waals surface area contributed by atoms with Crippen LogP contribution in [0.4, 0.5) is 0 Å². The van der Waals surface area contributed by atoms with Crippen molar-refractivity contribution in [2.75, 3.05) is 0 Å². The van der Waals surface area contributed by atoms with Crippen LogP contribution in [0.1, 0.15) is 29.1 Å². The summed E-state index contributed by atoms with van der Waals surface area (Å²) in [6.07, 6.45) is 1.77. The molecule has 0 spiro atoms. The molecule has 3 aromatic rings. The van der Waals surface area contributed by atoms with Crippen molar-refractivity contribution in [3.63, 3.8) is 0 Å². The number of rotatable bonds is 5. The highest BCUT2D eigenvalue weighted by Crippen LogP contribution is 2.23. The van der Waals surface area contributed by atoms with E-state index in [9.17, 15) is 0 Å². The van der Waals surface area contributed by atoms with Crippen molar-refractivity contribution in [2.45, 2.75) is 19.5 Å². The number of halogens is 1. The standard InChI is InChI=1S/C16H15ClN4O/c1-11-20-21-15(22-11)10-19-16(14-7-2-3-8-18-14)12-5-4-6-13(17)9-12/h2-9,16,19H,10H2,1H3/t16-/m0/s1. The van der Waals surface area contributed by atoms with Crippen LogP contribution in [0.5, 0.6) is 0 Å².